The summed E-state index contributed by atoms with van der Waals surface area (Å²) in [7, 11) is 1.56. The van der Waals surface area contributed by atoms with Crippen LogP contribution in [0.2, 0.25) is 0 Å². The predicted molar refractivity (Wildman–Crippen MR) is 112 cm³/mol. The standard InChI is InChI=1S/C23H26N2O5/c1-15-7-6-9-19(16(15)2)25-13-18(11-22(25)27)23(28)30-14-21(26)24-12-17-8-4-5-10-20(17)29-3/h4-10,18H,11-14H2,1-3H3,(H,24,26)/t18-/m1/s1. The van der Waals surface area contributed by atoms with Crippen molar-refractivity contribution in [1.29, 1.82) is 0 Å². The average molecular weight is 410 g/mol. The van der Waals surface area contributed by atoms with Gasteiger partial charge < -0.3 is 19.7 Å². The lowest BCUT2D eigenvalue weighted by Crippen LogP contribution is -2.31. The summed E-state index contributed by atoms with van der Waals surface area (Å²) >= 11 is 0. The van der Waals surface area contributed by atoms with Crippen LogP contribution in [0.15, 0.2) is 42.5 Å². The van der Waals surface area contributed by atoms with Crippen LogP contribution >= 0.6 is 0 Å². The van der Waals surface area contributed by atoms with Gasteiger partial charge in [0.15, 0.2) is 6.61 Å². The number of ether oxygens (including phenoxy) is 2. The topological polar surface area (TPSA) is 84.9 Å². The van der Waals surface area contributed by atoms with Crippen molar-refractivity contribution in [3.63, 3.8) is 0 Å². The third-order valence-electron chi connectivity index (χ3n) is 5.34. The Labute approximate surface area is 176 Å². The number of nitrogens with zero attached hydrogens (tertiary/aromatic N) is 1. The second-order valence-electron chi connectivity index (χ2n) is 7.32. The van der Waals surface area contributed by atoms with Crippen molar-refractivity contribution >= 4 is 23.5 Å². The number of methoxy groups -OCH3 is 1. The fraction of sp³-hybridized carbons (Fsp3) is 0.348. The highest BCUT2D eigenvalue weighted by Crippen LogP contribution is 2.29. The van der Waals surface area contributed by atoms with Crippen molar-refractivity contribution in [2.24, 2.45) is 5.92 Å². The van der Waals surface area contributed by atoms with Crippen LogP contribution in [-0.2, 0) is 25.7 Å². The molecule has 0 saturated carbocycles. The molecule has 0 aliphatic carbocycles. The average Bonchev–Trinajstić information content (AvgIpc) is 3.14. The summed E-state index contributed by atoms with van der Waals surface area (Å²) in [5.74, 6) is -0.981. The number of anilines is 1. The van der Waals surface area contributed by atoms with Crippen LogP contribution in [0, 0.1) is 19.8 Å². The predicted octanol–water partition coefficient (Wildman–Crippen LogP) is 2.52. The van der Waals surface area contributed by atoms with Crippen molar-refractivity contribution in [2.45, 2.75) is 26.8 Å². The van der Waals surface area contributed by atoms with Gasteiger partial charge in [0.1, 0.15) is 5.75 Å². The molecule has 1 fully saturated rings. The normalized spacial score (nSPS) is 15.8. The maximum atomic E-state index is 12.4. The first kappa shape index (κ1) is 21.4. The molecule has 1 saturated heterocycles. The molecule has 2 aromatic carbocycles. The van der Waals surface area contributed by atoms with Gasteiger partial charge in [-0.15, -0.1) is 0 Å². The second-order valence-corrected chi connectivity index (χ2v) is 7.32. The Balaban J connectivity index is 1.51. The van der Waals surface area contributed by atoms with Gasteiger partial charge in [-0.05, 0) is 37.1 Å². The monoisotopic (exact) mass is 410 g/mol. The lowest BCUT2D eigenvalue weighted by atomic mass is 10.1. The number of hydrogen-bond acceptors (Lipinski definition) is 5. The third-order valence-corrected chi connectivity index (χ3v) is 5.34. The van der Waals surface area contributed by atoms with Gasteiger partial charge in [-0.25, -0.2) is 0 Å². The molecule has 1 N–H and O–H groups in total. The highest BCUT2D eigenvalue weighted by molar-refractivity contribution is 6.00. The minimum Gasteiger partial charge on any atom is -0.496 e. The number of carbonyl (C=O) groups is 3. The van der Waals surface area contributed by atoms with E-state index in [9.17, 15) is 14.4 Å². The van der Waals surface area contributed by atoms with E-state index in [0.29, 0.717) is 5.75 Å². The number of rotatable bonds is 7. The molecule has 0 spiro atoms. The summed E-state index contributed by atoms with van der Waals surface area (Å²) in [6, 6.07) is 13.1. The number of carbonyl (C=O) groups excluding carboxylic acids is 3. The minimum absolute atomic E-state index is 0.0784. The van der Waals surface area contributed by atoms with Gasteiger partial charge in [-0.3, -0.25) is 14.4 Å². The summed E-state index contributed by atoms with van der Waals surface area (Å²) in [5, 5.41) is 2.70. The first-order valence-corrected chi connectivity index (χ1v) is 9.82. The van der Waals surface area contributed by atoms with E-state index in [4.69, 9.17) is 9.47 Å². The Morgan fingerprint density at radius 1 is 1.13 bits per heavy atom. The number of amides is 2. The van der Waals surface area contributed by atoms with E-state index >= 15 is 0 Å². The number of para-hydroxylation sites is 1. The molecule has 1 aliphatic rings. The fourth-order valence-corrected chi connectivity index (χ4v) is 3.47. The second kappa shape index (κ2) is 9.43. The Morgan fingerprint density at radius 2 is 1.90 bits per heavy atom. The highest BCUT2D eigenvalue weighted by atomic mass is 16.5. The van der Waals surface area contributed by atoms with Crippen LogP contribution in [-0.4, -0.2) is 38.0 Å². The van der Waals surface area contributed by atoms with E-state index < -0.39 is 17.8 Å². The van der Waals surface area contributed by atoms with Crippen LogP contribution in [0.4, 0.5) is 5.69 Å². The molecule has 0 bridgehead atoms. The van der Waals surface area contributed by atoms with Gasteiger partial charge in [-0.1, -0.05) is 30.3 Å². The Kier molecular flexibility index (Phi) is 6.72. The van der Waals surface area contributed by atoms with E-state index in [1.807, 2.05) is 50.2 Å². The summed E-state index contributed by atoms with van der Waals surface area (Å²) in [5.41, 5.74) is 3.73. The molecule has 2 amide bonds. The molecule has 0 aromatic heterocycles. The van der Waals surface area contributed by atoms with Gasteiger partial charge in [0.05, 0.1) is 13.0 Å². The zero-order valence-electron chi connectivity index (χ0n) is 17.4. The third kappa shape index (κ3) is 4.79. The molecular formula is C23H26N2O5. The molecule has 7 nitrogen and oxygen atoms in total. The van der Waals surface area contributed by atoms with Crippen LogP contribution < -0.4 is 15.0 Å². The summed E-state index contributed by atoms with van der Waals surface area (Å²) < 4.78 is 10.4. The Morgan fingerprint density at radius 3 is 2.67 bits per heavy atom. The molecule has 30 heavy (non-hydrogen) atoms. The molecule has 158 valence electrons. The number of benzene rings is 2. The van der Waals surface area contributed by atoms with Crippen molar-refractivity contribution in [3.8, 4) is 5.75 Å². The number of esters is 1. The molecule has 7 heteroatoms. The molecule has 1 aliphatic heterocycles. The molecule has 1 heterocycles. The van der Waals surface area contributed by atoms with Gasteiger partial charge in [0.2, 0.25) is 5.91 Å². The fourth-order valence-electron chi connectivity index (χ4n) is 3.47. The van der Waals surface area contributed by atoms with E-state index in [-0.39, 0.29) is 32.0 Å². The first-order chi connectivity index (χ1) is 14.4. The van der Waals surface area contributed by atoms with Gasteiger partial charge >= 0.3 is 5.97 Å². The Hall–Kier alpha value is -3.35. The Bertz CT molecular complexity index is 956. The maximum Gasteiger partial charge on any atom is 0.311 e. The number of nitrogens with one attached hydrogen (secondary N) is 1. The quantitative estimate of drug-likeness (QED) is 0.709. The van der Waals surface area contributed by atoms with E-state index in [1.165, 1.54) is 0 Å². The van der Waals surface area contributed by atoms with Crippen LogP contribution in [0.3, 0.4) is 0 Å². The molecular weight excluding hydrogens is 384 g/mol. The van der Waals surface area contributed by atoms with Crippen LogP contribution in [0.25, 0.3) is 0 Å². The van der Waals surface area contributed by atoms with Crippen LogP contribution in [0.5, 0.6) is 5.75 Å². The maximum absolute atomic E-state index is 12.4. The van der Waals surface area contributed by atoms with Gasteiger partial charge in [0.25, 0.3) is 5.91 Å². The van der Waals surface area contributed by atoms with Crippen molar-refractivity contribution in [2.75, 3.05) is 25.2 Å². The zero-order chi connectivity index (χ0) is 21.7. The lowest BCUT2D eigenvalue weighted by molar-refractivity contribution is -0.152. The number of aryl methyl sites for hydroxylation is 1. The number of hydrogen-bond donors (Lipinski definition) is 1. The SMILES string of the molecule is COc1ccccc1CNC(=O)COC(=O)[C@@H]1CC(=O)N(c2cccc(C)c2C)C1. The molecule has 1 atom stereocenters. The minimum atomic E-state index is -0.584. The smallest absolute Gasteiger partial charge is 0.311 e. The van der Waals surface area contributed by atoms with Crippen molar-refractivity contribution in [1.82, 2.24) is 5.32 Å². The van der Waals surface area contributed by atoms with Crippen molar-refractivity contribution < 1.29 is 23.9 Å². The molecule has 2 aromatic rings. The molecule has 0 unspecified atom stereocenters. The first-order valence-electron chi connectivity index (χ1n) is 9.82. The zero-order valence-corrected chi connectivity index (χ0v) is 17.4. The summed E-state index contributed by atoms with van der Waals surface area (Å²) in [6.07, 6.45) is 0.0784. The lowest BCUT2D eigenvalue weighted by Gasteiger charge is -2.20. The van der Waals surface area contributed by atoms with E-state index in [0.717, 1.165) is 22.4 Å². The molecule has 3 rings (SSSR count). The van der Waals surface area contributed by atoms with Gasteiger partial charge in [0, 0.05) is 30.8 Å². The highest BCUT2D eigenvalue weighted by Gasteiger charge is 2.37. The summed E-state index contributed by atoms with van der Waals surface area (Å²) in [6.45, 7) is 4.07. The van der Waals surface area contributed by atoms with Gasteiger partial charge in [-0.2, -0.15) is 0 Å². The summed E-state index contributed by atoms with van der Waals surface area (Å²) in [4.78, 5) is 38.5. The van der Waals surface area contributed by atoms with E-state index in [2.05, 4.69) is 5.32 Å². The van der Waals surface area contributed by atoms with Crippen molar-refractivity contribution in [3.05, 3.63) is 59.2 Å². The van der Waals surface area contributed by atoms with Crippen LogP contribution in [0.1, 0.15) is 23.1 Å². The molecule has 0 radical (unpaired) electrons. The largest absolute Gasteiger partial charge is 0.496 e. The van der Waals surface area contributed by atoms with E-state index in [1.54, 1.807) is 18.1 Å².